The molecule has 8 heteroatoms. The van der Waals surface area contributed by atoms with Crippen LogP contribution < -0.4 is 4.72 Å². The van der Waals surface area contributed by atoms with Crippen LogP contribution in [0.1, 0.15) is 25.7 Å². The Morgan fingerprint density at radius 2 is 2.11 bits per heavy atom. The molecule has 2 aliphatic rings. The van der Waals surface area contributed by atoms with E-state index in [-0.39, 0.29) is 12.6 Å². The number of carboxylic acid groups (broad SMARTS) is 1. The highest BCUT2D eigenvalue weighted by atomic mass is 32.2. The zero-order chi connectivity index (χ0) is 13.9. The standard InChI is InChI=1S/C11H20N2O5S/c14-11(15)9-3-1-5-13(7-9)19(16,17)12-10-4-2-6-18-8-10/h9-10,12H,1-8H2,(H,14,15). The topological polar surface area (TPSA) is 95.9 Å². The molecular formula is C11H20N2O5S. The highest BCUT2D eigenvalue weighted by molar-refractivity contribution is 7.87. The van der Waals surface area contributed by atoms with Gasteiger partial charge in [0.1, 0.15) is 0 Å². The van der Waals surface area contributed by atoms with E-state index in [4.69, 9.17) is 9.84 Å². The van der Waals surface area contributed by atoms with E-state index >= 15 is 0 Å². The minimum absolute atomic E-state index is 0.0538. The Kier molecular flexibility index (Phi) is 4.77. The van der Waals surface area contributed by atoms with Crippen LogP contribution in [0.2, 0.25) is 0 Å². The first-order valence-electron chi connectivity index (χ1n) is 6.57. The van der Waals surface area contributed by atoms with Crippen molar-refractivity contribution in [3.8, 4) is 0 Å². The van der Waals surface area contributed by atoms with Gasteiger partial charge in [0, 0.05) is 25.7 Å². The second-order valence-corrected chi connectivity index (χ2v) is 6.77. The number of carbonyl (C=O) groups is 1. The minimum Gasteiger partial charge on any atom is -0.481 e. The minimum atomic E-state index is -3.61. The largest absolute Gasteiger partial charge is 0.481 e. The maximum absolute atomic E-state index is 12.2. The van der Waals surface area contributed by atoms with E-state index in [1.165, 1.54) is 4.31 Å². The quantitative estimate of drug-likeness (QED) is 0.748. The Hall–Kier alpha value is -0.700. The van der Waals surface area contributed by atoms with Crippen molar-refractivity contribution >= 4 is 16.2 Å². The van der Waals surface area contributed by atoms with Crippen LogP contribution in [0.5, 0.6) is 0 Å². The van der Waals surface area contributed by atoms with E-state index in [1.807, 2.05) is 0 Å². The number of hydrogen-bond acceptors (Lipinski definition) is 4. The number of rotatable bonds is 4. The monoisotopic (exact) mass is 292 g/mol. The summed E-state index contributed by atoms with van der Waals surface area (Å²) in [5.41, 5.74) is 0. The van der Waals surface area contributed by atoms with Gasteiger partial charge in [-0.05, 0) is 25.7 Å². The molecule has 0 aromatic rings. The summed E-state index contributed by atoms with van der Waals surface area (Å²) < 4.78 is 33.5. The van der Waals surface area contributed by atoms with Crippen LogP contribution >= 0.6 is 0 Å². The average Bonchev–Trinajstić information content (AvgIpc) is 2.39. The fourth-order valence-electron chi connectivity index (χ4n) is 2.48. The maximum Gasteiger partial charge on any atom is 0.307 e. The number of ether oxygens (including phenoxy) is 1. The molecule has 7 nitrogen and oxygen atoms in total. The number of piperidine rings is 1. The van der Waals surface area contributed by atoms with Gasteiger partial charge < -0.3 is 9.84 Å². The van der Waals surface area contributed by atoms with Gasteiger partial charge in [0.05, 0.1) is 12.5 Å². The highest BCUT2D eigenvalue weighted by Gasteiger charge is 2.33. The first-order valence-corrected chi connectivity index (χ1v) is 8.01. The summed E-state index contributed by atoms with van der Waals surface area (Å²) in [5, 5.41) is 8.98. The molecule has 2 fully saturated rings. The molecule has 0 radical (unpaired) electrons. The molecule has 2 N–H and O–H groups in total. The van der Waals surface area contributed by atoms with E-state index < -0.39 is 22.1 Å². The van der Waals surface area contributed by atoms with Gasteiger partial charge in [-0.25, -0.2) is 0 Å². The third-order valence-electron chi connectivity index (χ3n) is 3.55. The van der Waals surface area contributed by atoms with Crippen LogP contribution in [0.15, 0.2) is 0 Å². The Morgan fingerprint density at radius 3 is 2.74 bits per heavy atom. The van der Waals surface area contributed by atoms with Gasteiger partial charge in [-0.2, -0.15) is 17.4 Å². The molecule has 2 heterocycles. The number of nitrogens with zero attached hydrogens (tertiary/aromatic N) is 1. The van der Waals surface area contributed by atoms with Crippen molar-refractivity contribution < 1.29 is 23.1 Å². The first-order chi connectivity index (χ1) is 8.99. The first kappa shape index (κ1) is 14.7. The predicted octanol–water partition coefficient (Wildman–Crippen LogP) is -0.204. The van der Waals surface area contributed by atoms with Gasteiger partial charge >= 0.3 is 5.97 Å². The van der Waals surface area contributed by atoms with Crippen LogP contribution in [0.4, 0.5) is 0 Å². The summed E-state index contributed by atoms with van der Waals surface area (Å²) in [4.78, 5) is 11.0. The van der Waals surface area contributed by atoms with Crippen molar-refractivity contribution in [2.24, 2.45) is 5.92 Å². The Morgan fingerprint density at radius 1 is 1.32 bits per heavy atom. The Labute approximate surface area is 113 Å². The van der Waals surface area contributed by atoms with Crippen molar-refractivity contribution in [2.45, 2.75) is 31.7 Å². The zero-order valence-electron chi connectivity index (χ0n) is 10.7. The molecule has 110 valence electrons. The number of nitrogens with one attached hydrogen (secondary N) is 1. The van der Waals surface area contributed by atoms with Crippen LogP contribution in [-0.2, 0) is 19.7 Å². The van der Waals surface area contributed by atoms with E-state index in [0.717, 1.165) is 12.8 Å². The van der Waals surface area contributed by atoms with Crippen molar-refractivity contribution in [3.63, 3.8) is 0 Å². The smallest absolute Gasteiger partial charge is 0.307 e. The molecule has 0 amide bonds. The summed E-state index contributed by atoms with van der Waals surface area (Å²) in [5.74, 6) is -1.53. The van der Waals surface area contributed by atoms with Crippen molar-refractivity contribution in [1.82, 2.24) is 9.03 Å². The molecule has 0 spiro atoms. The number of carboxylic acids is 1. The van der Waals surface area contributed by atoms with Crippen molar-refractivity contribution in [1.29, 1.82) is 0 Å². The third kappa shape index (κ3) is 3.88. The van der Waals surface area contributed by atoms with Crippen LogP contribution in [0, 0.1) is 5.92 Å². The Bertz CT molecular complexity index is 419. The normalized spacial score (nSPS) is 30.1. The molecular weight excluding hydrogens is 272 g/mol. The summed E-state index contributed by atoms with van der Waals surface area (Å²) >= 11 is 0. The number of hydrogen-bond donors (Lipinski definition) is 2. The van der Waals surface area contributed by atoms with Gasteiger partial charge in [0.15, 0.2) is 0 Å². The summed E-state index contributed by atoms with van der Waals surface area (Å²) in [7, 11) is -3.61. The van der Waals surface area contributed by atoms with Gasteiger partial charge in [0.25, 0.3) is 10.2 Å². The molecule has 0 saturated carbocycles. The van der Waals surface area contributed by atoms with Gasteiger partial charge in [-0.15, -0.1) is 0 Å². The van der Waals surface area contributed by atoms with Gasteiger partial charge in [-0.1, -0.05) is 0 Å². The maximum atomic E-state index is 12.2. The van der Waals surface area contributed by atoms with Gasteiger partial charge in [-0.3, -0.25) is 4.79 Å². The molecule has 2 rings (SSSR count). The highest BCUT2D eigenvalue weighted by Crippen LogP contribution is 2.19. The molecule has 2 unspecified atom stereocenters. The van der Waals surface area contributed by atoms with Gasteiger partial charge in [0.2, 0.25) is 0 Å². The lowest BCUT2D eigenvalue weighted by Gasteiger charge is -2.32. The molecule has 0 aromatic heterocycles. The summed E-state index contributed by atoms with van der Waals surface area (Å²) in [6.45, 7) is 1.49. The van der Waals surface area contributed by atoms with Crippen LogP contribution in [-0.4, -0.2) is 56.1 Å². The number of aliphatic carboxylic acids is 1. The van der Waals surface area contributed by atoms with Crippen LogP contribution in [0.25, 0.3) is 0 Å². The molecule has 2 atom stereocenters. The zero-order valence-corrected chi connectivity index (χ0v) is 11.6. The third-order valence-corrected chi connectivity index (χ3v) is 5.19. The molecule has 0 aromatic carbocycles. The van der Waals surface area contributed by atoms with E-state index in [0.29, 0.717) is 32.6 Å². The fraction of sp³-hybridized carbons (Fsp3) is 0.909. The lowest BCUT2D eigenvalue weighted by Crippen LogP contribution is -2.51. The van der Waals surface area contributed by atoms with E-state index in [2.05, 4.69) is 4.72 Å². The second kappa shape index (κ2) is 6.17. The Balaban J connectivity index is 1.96. The van der Waals surface area contributed by atoms with Crippen molar-refractivity contribution in [2.75, 3.05) is 26.3 Å². The molecule has 0 aliphatic carbocycles. The molecule has 2 saturated heterocycles. The molecule has 19 heavy (non-hydrogen) atoms. The van der Waals surface area contributed by atoms with Crippen molar-refractivity contribution in [3.05, 3.63) is 0 Å². The SMILES string of the molecule is O=C(O)C1CCCN(S(=O)(=O)NC2CCCOC2)C1. The van der Waals surface area contributed by atoms with E-state index in [9.17, 15) is 13.2 Å². The lowest BCUT2D eigenvalue weighted by molar-refractivity contribution is -0.142. The summed E-state index contributed by atoms with van der Waals surface area (Å²) in [6, 6.07) is -0.205. The molecule has 0 bridgehead atoms. The van der Waals surface area contributed by atoms with Crippen LogP contribution in [0.3, 0.4) is 0 Å². The average molecular weight is 292 g/mol. The van der Waals surface area contributed by atoms with E-state index in [1.54, 1.807) is 0 Å². The summed E-state index contributed by atoms with van der Waals surface area (Å²) in [6.07, 6.45) is 2.72. The second-order valence-electron chi connectivity index (χ2n) is 5.07. The fourth-order valence-corrected chi connectivity index (χ4v) is 3.98. The predicted molar refractivity (Wildman–Crippen MR) is 67.8 cm³/mol. The molecule has 2 aliphatic heterocycles. The lowest BCUT2D eigenvalue weighted by atomic mass is 10.0.